The fourth-order valence-corrected chi connectivity index (χ4v) is 2.87. The molecule has 1 aromatic heterocycles. The number of hydrogen-bond donors (Lipinski definition) is 1. The molecule has 0 aliphatic carbocycles. The maximum atomic E-state index is 5.53. The van der Waals surface area contributed by atoms with Gasteiger partial charge in [-0.25, -0.2) is 0 Å². The van der Waals surface area contributed by atoms with E-state index >= 15 is 0 Å². The highest BCUT2D eigenvalue weighted by Crippen LogP contribution is 2.33. The Morgan fingerprint density at radius 1 is 1.25 bits per heavy atom. The lowest BCUT2D eigenvalue weighted by Gasteiger charge is -2.22. The number of nitrogens with zero attached hydrogens (tertiary/aromatic N) is 2. The van der Waals surface area contributed by atoms with Gasteiger partial charge in [-0.2, -0.15) is 4.98 Å². The van der Waals surface area contributed by atoms with E-state index in [1.54, 1.807) is 0 Å². The summed E-state index contributed by atoms with van der Waals surface area (Å²) in [5.41, 5.74) is 2.22. The highest BCUT2D eigenvalue weighted by Gasteiger charge is 2.38. The van der Waals surface area contributed by atoms with Crippen LogP contribution < -0.4 is 5.32 Å². The maximum absolute atomic E-state index is 5.53. The molecule has 20 heavy (non-hydrogen) atoms. The number of hydrogen-bond acceptors (Lipinski definition) is 4. The molecule has 1 atom stereocenters. The second kappa shape index (κ2) is 5.37. The van der Waals surface area contributed by atoms with Gasteiger partial charge in [0.15, 0.2) is 0 Å². The summed E-state index contributed by atoms with van der Waals surface area (Å²) in [5, 5.41) is 7.68. The third kappa shape index (κ3) is 2.24. The second-order valence-corrected chi connectivity index (χ2v) is 5.44. The van der Waals surface area contributed by atoms with E-state index in [0.717, 1.165) is 43.7 Å². The van der Waals surface area contributed by atoms with Crippen molar-refractivity contribution < 1.29 is 4.52 Å². The molecule has 2 heterocycles. The van der Waals surface area contributed by atoms with Gasteiger partial charge in [0.1, 0.15) is 0 Å². The Morgan fingerprint density at radius 2 is 2.05 bits per heavy atom. The van der Waals surface area contributed by atoms with Crippen molar-refractivity contribution in [1.29, 1.82) is 0 Å². The lowest BCUT2D eigenvalue weighted by atomic mass is 9.94. The Hall–Kier alpha value is -1.68. The molecule has 1 aromatic carbocycles. The Kier molecular flexibility index (Phi) is 3.57. The van der Waals surface area contributed by atoms with Crippen molar-refractivity contribution in [1.82, 2.24) is 15.5 Å². The van der Waals surface area contributed by atoms with E-state index < -0.39 is 0 Å². The van der Waals surface area contributed by atoms with E-state index in [1.165, 1.54) is 5.56 Å². The molecule has 2 aromatic rings. The fourth-order valence-electron chi connectivity index (χ4n) is 2.87. The first-order valence-electron chi connectivity index (χ1n) is 7.46. The van der Waals surface area contributed by atoms with Crippen molar-refractivity contribution in [3.05, 3.63) is 35.7 Å². The van der Waals surface area contributed by atoms with Crippen LogP contribution in [-0.4, -0.2) is 16.7 Å². The van der Waals surface area contributed by atoms with E-state index in [4.69, 9.17) is 4.52 Å². The van der Waals surface area contributed by atoms with E-state index in [0.29, 0.717) is 5.82 Å². The average Bonchev–Trinajstić information content (AvgIpc) is 3.17. The summed E-state index contributed by atoms with van der Waals surface area (Å²) in [6, 6.07) is 8.37. The van der Waals surface area contributed by atoms with Crippen LogP contribution in [0.4, 0.5) is 0 Å². The largest absolute Gasteiger partial charge is 0.337 e. The highest BCUT2D eigenvalue weighted by atomic mass is 16.5. The smallest absolute Gasteiger partial charge is 0.247 e. The first-order valence-corrected chi connectivity index (χ1v) is 7.46. The first kappa shape index (κ1) is 13.3. The number of nitrogens with one attached hydrogen (secondary N) is 1. The summed E-state index contributed by atoms with van der Waals surface area (Å²) in [6.45, 7) is 5.34. The molecule has 0 radical (unpaired) electrons. The monoisotopic (exact) mass is 271 g/mol. The van der Waals surface area contributed by atoms with Crippen molar-refractivity contribution in [2.24, 2.45) is 0 Å². The zero-order valence-corrected chi connectivity index (χ0v) is 12.1. The molecule has 3 rings (SSSR count). The SMILES string of the molecule is CCc1ccc(-c2noc(C3(CC)CCCN3)n2)cc1. The van der Waals surface area contributed by atoms with Crippen molar-refractivity contribution in [3.8, 4) is 11.4 Å². The van der Waals surface area contributed by atoms with Crippen LogP contribution in [0.5, 0.6) is 0 Å². The molecule has 106 valence electrons. The van der Waals surface area contributed by atoms with Crippen molar-refractivity contribution in [2.75, 3.05) is 6.54 Å². The van der Waals surface area contributed by atoms with Gasteiger partial charge in [0.2, 0.25) is 11.7 Å². The van der Waals surface area contributed by atoms with Gasteiger partial charge in [0, 0.05) is 5.56 Å². The van der Waals surface area contributed by atoms with Crippen LogP contribution in [0.1, 0.15) is 44.6 Å². The molecular formula is C16H21N3O. The minimum absolute atomic E-state index is 0.116. The molecular weight excluding hydrogens is 250 g/mol. The molecule has 0 saturated carbocycles. The lowest BCUT2D eigenvalue weighted by Crippen LogP contribution is -2.36. The molecule has 4 nitrogen and oxygen atoms in total. The number of aryl methyl sites for hydroxylation is 1. The van der Waals surface area contributed by atoms with Crippen LogP contribution in [0, 0.1) is 0 Å². The Morgan fingerprint density at radius 3 is 2.65 bits per heavy atom. The topological polar surface area (TPSA) is 51.0 Å². The standard InChI is InChI=1S/C16H21N3O/c1-3-12-6-8-13(9-7-12)14-18-15(20-19-14)16(4-2)10-5-11-17-16/h6-9,17H,3-5,10-11H2,1-2H3. The third-order valence-electron chi connectivity index (χ3n) is 4.30. The summed E-state index contributed by atoms with van der Waals surface area (Å²) in [5.74, 6) is 1.41. The van der Waals surface area contributed by atoms with Crippen LogP contribution in [0.25, 0.3) is 11.4 Å². The molecule has 1 saturated heterocycles. The van der Waals surface area contributed by atoms with Gasteiger partial charge < -0.3 is 9.84 Å². The van der Waals surface area contributed by atoms with Gasteiger partial charge >= 0.3 is 0 Å². The van der Waals surface area contributed by atoms with Gasteiger partial charge in [-0.3, -0.25) is 0 Å². The lowest BCUT2D eigenvalue weighted by molar-refractivity contribution is 0.250. The summed E-state index contributed by atoms with van der Waals surface area (Å²) in [7, 11) is 0. The van der Waals surface area contributed by atoms with Gasteiger partial charge in [0.25, 0.3) is 0 Å². The third-order valence-corrected chi connectivity index (χ3v) is 4.30. The zero-order valence-electron chi connectivity index (χ0n) is 12.1. The highest BCUT2D eigenvalue weighted by molar-refractivity contribution is 5.54. The van der Waals surface area contributed by atoms with Crippen LogP contribution in [-0.2, 0) is 12.0 Å². The minimum atomic E-state index is -0.116. The number of aromatic nitrogens is 2. The molecule has 1 N–H and O–H groups in total. The average molecular weight is 271 g/mol. The molecule has 4 heteroatoms. The van der Waals surface area contributed by atoms with Crippen LogP contribution in [0.2, 0.25) is 0 Å². The van der Waals surface area contributed by atoms with Crippen molar-refractivity contribution >= 4 is 0 Å². The van der Waals surface area contributed by atoms with Gasteiger partial charge in [-0.1, -0.05) is 43.3 Å². The quantitative estimate of drug-likeness (QED) is 0.927. The molecule has 1 fully saturated rings. The molecule has 1 aliphatic heterocycles. The zero-order chi connectivity index (χ0) is 14.0. The van der Waals surface area contributed by atoms with Gasteiger partial charge in [0.05, 0.1) is 5.54 Å². The van der Waals surface area contributed by atoms with E-state index in [9.17, 15) is 0 Å². The van der Waals surface area contributed by atoms with Crippen molar-refractivity contribution in [2.45, 2.75) is 45.1 Å². The predicted octanol–water partition coefficient (Wildman–Crippen LogP) is 3.29. The number of rotatable bonds is 4. The van der Waals surface area contributed by atoms with Gasteiger partial charge in [-0.15, -0.1) is 0 Å². The summed E-state index contributed by atoms with van der Waals surface area (Å²) in [4.78, 5) is 4.62. The normalized spacial score (nSPS) is 22.3. The van der Waals surface area contributed by atoms with Crippen LogP contribution in [0.15, 0.2) is 28.8 Å². The van der Waals surface area contributed by atoms with Gasteiger partial charge in [-0.05, 0) is 37.8 Å². The molecule has 0 bridgehead atoms. The van der Waals surface area contributed by atoms with E-state index in [1.807, 2.05) is 0 Å². The van der Waals surface area contributed by atoms with Crippen molar-refractivity contribution in [3.63, 3.8) is 0 Å². The van der Waals surface area contributed by atoms with Crippen LogP contribution in [0.3, 0.4) is 0 Å². The number of benzene rings is 1. The molecule has 0 spiro atoms. The van der Waals surface area contributed by atoms with Crippen LogP contribution >= 0.6 is 0 Å². The summed E-state index contributed by atoms with van der Waals surface area (Å²) in [6.07, 6.45) is 4.25. The minimum Gasteiger partial charge on any atom is -0.337 e. The molecule has 1 aliphatic rings. The first-order chi connectivity index (χ1) is 9.77. The Balaban J connectivity index is 1.89. The maximum Gasteiger partial charge on any atom is 0.247 e. The van der Waals surface area contributed by atoms with E-state index in [2.05, 4.69) is 53.6 Å². The molecule has 0 amide bonds. The Bertz CT molecular complexity index is 568. The summed E-state index contributed by atoms with van der Waals surface area (Å²) >= 11 is 0. The Labute approximate surface area is 119 Å². The fraction of sp³-hybridized carbons (Fsp3) is 0.500. The predicted molar refractivity (Wildman–Crippen MR) is 78.3 cm³/mol. The second-order valence-electron chi connectivity index (χ2n) is 5.44. The molecule has 1 unspecified atom stereocenters. The summed E-state index contributed by atoms with van der Waals surface area (Å²) < 4.78 is 5.53. The van der Waals surface area contributed by atoms with E-state index in [-0.39, 0.29) is 5.54 Å².